The van der Waals surface area contributed by atoms with Crippen LogP contribution in [0.5, 0.6) is 0 Å². The van der Waals surface area contributed by atoms with Crippen LogP contribution in [-0.4, -0.2) is 6.04 Å². The highest BCUT2D eigenvalue weighted by Gasteiger charge is 2.24. The summed E-state index contributed by atoms with van der Waals surface area (Å²) in [5, 5.41) is 3.55. The number of nitrogens with one attached hydrogen (secondary N) is 1. The molecule has 76 valence electrons. The van der Waals surface area contributed by atoms with E-state index in [-0.39, 0.29) is 5.82 Å². The van der Waals surface area contributed by atoms with Crippen LogP contribution < -0.4 is 5.32 Å². The van der Waals surface area contributed by atoms with E-state index < -0.39 is 0 Å². The van der Waals surface area contributed by atoms with Crippen LogP contribution >= 0.6 is 0 Å². The molecule has 1 nitrogen and oxygen atoms in total. The minimum absolute atomic E-state index is 0.157. The van der Waals surface area contributed by atoms with Crippen molar-refractivity contribution in [2.75, 3.05) is 0 Å². The van der Waals surface area contributed by atoms with E-state index in [0.717, 1.165) is 6.42 Å². The molecular weight excluding hydrogens is 177 g/mol. The molecule has 1 fully saturated rings. The summed E-state index contributed by atoms with van der Waals surface area (Å²) < 4.78 is 12.7. The summed E-state index contributed by atoms with van der Waals surface area (Å²) >= 11 is 0. The van der Waals surface area contributed by atoms with Crippen LogP contribution in [0.15, 0.2) is 24.3 Å². The molecular formula is C12H16FN. The van der Waals surface area contributed by atoms with Gasteiger partial charge in [0.1, 0.15) is 5.82 Å². The molecule has 0 spiro atoms. The lowest BCUT2D eigenvalue weighted by Crippen LogP contribution is -2.22. The molecule has 2 rings (SSSR count). The smallest absolute Gasteiger partial charge is 0.123 e. The minimum atomic E-state index is -0.157. The lowest BCUT2D eigenvalue weighted by Gasteiger charge is -2.16. The molecule has 1 N–H and O–H groups in total. The largest absolute Gasteiger partial charge is 0.307 e. The zero-order valence-corrected chi connectivity index (χ0v) is 8.46. The molecule has 0 saturated heterocycles. The van der Waals surface area contributed by atoms with Crippen LogP contribution in [0.1, 0.15) is 37.8 Å². The highest BCUT2D eigenvalue weighted by Crippen LogP contribution is 2.25. The highest BCUT2D eigenvalue weighted by atomic mass is 19.1. The second-order valence-electron chi connectivity index (χ2n) is 3.95. The molecule has 1 saturated carbocycles. The van der Waals surface area contributed by atoms with Crippen molar-refractivity contribution in [3.63, 3.8) is 0 Å². The Balaban J connectivity index is 2.05. The molecule has 1 aliphatic carbocycles. The Hall–Kier alpha value is -0.890. The molecule has 0 unspecified atom stereocenters. The fourth-order valence-electron chi connectivity index (χ4n) is 1.68. The van der Waals surface area contributed by atoms with E-state index in [1.165, 1.54) is 30.5 Å². The number of benzene rings is 1. The maximum absolute atomic E-state index is 12.7. The highest BCUT2D eigenvalue weighted by molar-refractivity contribution is 5.20. The Morgan fingerprint density at radius 2 is 2.00 bits per heavy atom. The third-order valence-electron chi connectivity index (χ3n) is 2.69. The summed E-state index contributed by atoms with van der Waals surface area (Å²) in [6, 6.07) is 7.91. The number of hydrogen-bond donors (Lipinski definition) is 1. The Morgan fingerprint density at radius 3 is 2.50 bits per heavy atom. The SMILES string of the molecule is CC[C@H](NC1CC1)c1ccc(F)cc1. The van der Waals surface area contributed by atoms with Crippen molar-refractivity contribution in [1.82, 2.24) is 5.32 Å². The third-order valence-corrected chi connectivity index (χ3v) is 2.69. The molecule has 1 aromatic rings. The first kappa shape index (κ1) is 9.66. The van der Waals surface area contributed by atoms with Crippen molar-refractivity contribution < 1.29 is 4.39 Å². The normalized spacial score (nSPS) is 18.1. The van der Waals surface area contributed by atoms with E-state index in [1.54, 1.807) is 0 Å². The van der Waals surface area contributed by atoms with Gasteiger partial charge in [-0.1, -0.05) is 19.1 Å². The van der Waals surface area contributed by atoms with Crippen LogP contribution in [0.2, 0.25) is 0 Å². The first-order valence-electron chi connectivity index (χ1n) is 5.31. The van der Waals surface area contributed by atoms with Gasteiger partial charge in [0, 0.05) is 12.1 Å². The van der Waals surface area contributed by atoms with Gasteiger partial charge in [-0.3, -0.25) is 0 Å². The van der Waals surface area contributed by atoms with Gasteiger partial charge in [0.05, 0.1) is 0 Å². The van der Waals surface area contributed by atoms with Crippen molar-refractivity contribution in [3.8, 4) is 0 Å². The van der Waals surface area contributed by atoms with Gasteiger partial charge >= 0.3 is 0 Å². The molecule has 1 aromatic carbocycles. The minimum Gasteiger partial charge on any atom is -0.307 e. The first-order chi connectivity index (χ1) is 6.79. The second kappa shape index (κ2) is 4.09. The van der Waals surface area contributed by atoms with Gasteiger partial charge in [-0.05, 0) is 37.0 Å². The summed E-state index contributed by atoms with van der Waals surface area (Å²) in [6.07, 6.45) is 3.64. The molecule has 2 heteroatoms. The van der Waals surface area contributed by atoms with E-state index in [9.17, 15) is 4.39 Å². The van der Waals surface area contributed by atoms with Gasteiger partial charge in [-0.25, -0.2) is 4.39 Å². The fraction of sp³-hybridized carbons (Fsp3) is 0.500. The Kier molecular flexibility index (Phi) is 2.82. The van der Waals surface area contributed by atoms with Gasteiger partial charge in [-0.15, -0.1) is 0 Å². The van der Waals surface area contributed by atoms with Gasteiger partial charge in [0.2, 0.25) is 0 Å². The molecule has 0 radical (unpaired) electrons. The zero-order valence-electron chi connectivity index (χ0n) is 8.46. The van der Waals surface area contributed by atoms with E-state index in [4.69, 9.17) is 0 Å². The Morgan fingerprint density at radius 1 is 1.36 bits per heavy atom. The van der Waals surface area contributed by atoms with Crippen LogP contribution in [0.4, 0.5) is 4.39 Å². The second-order valence-corrected chi connectivity index (χ2v) is 3.95. The predicted molar refractivity (Wildman–Crippen MR) is 55.6 cm³/mol. The molecule has 1 aliphatic rings. The molecule has 1 atom stereocenters. The van der Waals surface area contributed by atoms with E-state index >= 15 is 0 Å². The number of hydrogen-bond acceptors (Lipinski definition) is 1. The molecule has 14 heavy (non-hydrogen) atoms. The van der Waals surface area contributed by atoms with Gasteiger partial charge in [-0.2, -0.15) is 0 Å². The van der Waals surface area contributed by atoms with Gasteiger partial charge < -0.3 is 5.32 Å². The summed E-state index contributed by atoms with van der Waals surface area (Å²) in [5.74, 6) is -0.157. The number of rotatable bonds is 4. The monoisotopic (exact) mass is 193 g/mol. The third kappa shape index (κ3) is 2.32. The maximum atomic E-state index is 12.7. The number of halogens is 1. The zero-order chi connectivity index (χ0) is 9.97. The summed E-state index contributed by atoms with van der Waals surface area (Å²) in [6.45, 7) is 2.16. The van der Waals surface area contributed by atoms with Gasteiger partial charge in [0.25, 0.3) is 0 Å². The first-order valence-corrected chi connectivity index (χ1v) is 5.31. The van der Waals surface area contributed by atoms with Crippen LogP contribution in [-0.2, 0) is 0 Å². The molecule has 0 aromatic heterocycles. The van der Waals surface area contributed by atoms with Crippen LogP contribution in [0.25, 0.3) is 0 Å². The van der Waals surface area contributed by atoms with Crippen molar-refractivity contribution in [2.24, 2.45) is 0 Å². The fourth-order valence-corrected chi connectivity index (χ4v) is 1.68. The average molecular weight is 193 g/mol. The summed E-state index contributed by atoms with van der Waals surface area (Å²) in [7, 11) is 0. The Labute approximate surface area is 84.3 Å². The van der Waals surface area contributed by atoms with E-state index in [2.05, 4.69) is 12.2 Å². The van der Waals surface area contributed by atoms with Crippen molar-refractivity contribution in [1.29, 1.82) is 0 Å². The van der Waals surface area contributed by atoms with Gasteiger partial charge in [0.15, 0.2) is 0 Å². The molecule has 0 heterocycles. The van der Waals surface area contributed by atoms with Crippen molar-refractivity contribution >= 4 is 0 Å². The van der Waals surface area contributed by atoms with Crippen LogP contribution in [0, 0.1) is 5.82 Å². The van der Waals surface area contributed by atoms with Crippen molar-refractivity contribution in [3.05, 3.63) is 35.6 Å². The molecule has 0 amide bonds. The molecule has 0 aliphatic heterocycles. The average Bonchev–Trinajstić information content (AvgIpc) is 3.00. The summed E-state index contributed by atoms with van der Waals surface area (Å²) in [5.41, 5.74) is 1.20. The quantitative estimate of drug-likeness (QED) is 0.775. The maximum Gasteiger partial charge on any atom is 0.123 e. The molecule has 0 bridgehead atoms. The standard InChI is InChI=1S/C12H16FN/c1-2-12(14-11-7-8-11)9-3-5-10(13)6-4-9/h3-6,11-12,14H,2,7-8H2,1H3/t12-/m0/s1. The lowest BCUT2D eigenvalue weighted by molar-refractivity contribution is 0.515. The Bertz CT molecular complexity index is 290. The van der Waals surface area contributed by atoms with Crippen molar-refractivity contribution in [2.45, 2.75) is 38.3 Å². The topological polar surface area (TPSA) is 12.0 Å². The van der Waals surface area contributed by atoms with E-state index in [1.807, 2.05) is 12.1 Å². The predicted octanol–water partition coefficient (Wildman–Crippen LogP) is 3.03. The summed E-state index contributed by atoms with van der Waals surface area (Å²) in [4.78, 5) is 0. The lowest BCUT2D eigenvalue weighted by atomic mass is 10.0. The van der Waals surface area contributed by atoms with Crippen LogP contribution in [0.3, 0.4) is 0 Å². The van der Waals surface area contributed by atoms with E-state index in [0.29, 0.717) is 12.1 Å².